The fourth-order valence-corrected chi connectivity index (χ4v) is 3.43. The van der Waals surface area contributed by atoms with Crippen LogP contribution in [-0.2, 0) is 13.0 Å². The number of aromatic nitrogens is 6. The van der Waals surface area contributed by atoms with Crippen LogP contribution in [0.2, 0.25) is 0 Å². The predicted molar refractivity (Wildman–Crippen MR) is 108 cm³/mol. The van der Waals surface area contributed by atoms with Crippen molar-refractivity contribution in [1.82, 2.24) is 35.0 Å². The van der Waals surface area contributed by atoms with E-state index in [9.17, 15) is 0 Å². The molecule has 9 heteroatoms. The van der Waals surface area contributed by atoms with Crippen LogP contribution < -0.4 is 10.6 Å². The molecule has 0 atom stereocenters. The van der Waals surface area contributed by atoms with Crippen LogP contribution in [0, 0.1) is 6.92 Å². The van der Waals surface area contributed by atoms with Crippen molar-refractivity contribution in [3.63, 3.8) is 0 Å². The number of hydrogen-bond acceptors (Lipinski definition) is 7. The third-order valence-corrected chi connectivity index (χ3v) is 4.82. The molecule has 3 aromatic heterocycles. The number of aryl methyl sites for hydroxylation is 1. The summed E-state index contributed by atoms with van der Waals surface area (Å²) in [5.41, 5.74) is 5.00. The molecule has 0 saturated carbocycles. The summed E-state index contributed by atoms with van der Waals surface area (Å²) >= 11 is 0. The molecule has 0 bridgehead atoms. The number of fused-ring (bicyclic) bond motifs is 2. The molecule has 0 spiro atoms. The lowest BCUT2D eigenvalue weighted by molar-refractivity contribution is 0.310. The second-order valence-corrected chi connectivity index (χ2v) is 7.10. The highest BCUT2D eigenvalue weighted by molar-refractivity contribution is 5.78. The van der Waals surface area contributed by atoms with E-state index in [0.717, 1.165) is 59.1 Å². The molecule has 0 aliphatic carbocycles. The maximum atomic E-state index is 4.74. The van der Waals surface area contributed by atoms with Crippen LogP contribution in [0.5, 0.6) is 0 Å². The number of H-pyrrole nitrogens is 2. The van der Waals surface area contributed by atoms with Gasteiger partial charge in [0.15, 0.2) is 5.82 Å². The van der Waals surface area contributed by atoms with Crippen LogP contribution in [0.25, 0.3) is 11.0 Å². The number of anilines is 4. The molecule has 0 fully saturated rings. The minimum Gasteiger partial charge on any atom is -0.324 e. The summed E-state index contributed by atoms with van der Waals surface area (Å²) in [7, 11) is 2.10. The van der Waals surface area contributed by atoms with Crippen molar-refractivity contribution < 1.29 is 0 Å². The number of hydrogen-bond donors (Lipinski definition) is 4. The van der Waals surface area contributed by atoms with Crippen molar-refractivity contribution >= 4 is 34.6 Å². The zero-order chi connectivity index (χ0) is 19.1. The highest BCUT2D eigenvalue weighted by Crippen LogP contribution is 2.27. The van der Waals surface area contributed by atoms with E-state index in [0.29, 0.717) is 11.9 Å². The van der Waals surface area contributed by atoms with Gasteiger partial charge in [-0.05, 0) is 26.1 Å². The van der Waals surface area contributed by atoms with Gasteiger partial charge in [0, 0.05) is 36.8 Å². The minimum absolute atomic E-state index is 0.511. The van der Waals surface area contributed by atoms with Crippen molar-refractivity contribution in [2.24, 2.45) is 0 Å². The molecular weight excluding hydrogens is 354 g/mol. The van der Waals surface area contributed by atoms with Crippen LogP contribution >= 0.6 is 0 Å². The lowest BCUT2D eigenvalue weighted by atomic mass is 10.1. The van der Waals surface area contributed by atoms with Gasteiger partial charge in [-0.1, -0.05) is 12.1 Å². The monoisotopic (exact) mass is 375 g/mol. The molecule has 1 aromatic carbocycles. The minimum atomic E-state index is 0.511. The van der Waals surface area contributed by atoms with Gasteiger partial charge in [0.1, 0.15) is 5.82 Å². The van der Waals surface area contributed by atoms with Crippen LogP contribution in [-0.4, -0.2) is 48.6 Å². The standard InChI is InChI=1S/C19H21N9/c1-11-9-16(27-26-11)23-17-12-10-28(2)8-7-13(12)20-19(24-17)25-18-21-14-5-3-4-6-15(14)22-18/h3-6,9H,7-8,10H2,1-2H3,(H4,20,21,22,23,24,25,26,27). The summed E-state index contributed by atoms with van der Waals surface area (Å²) in [6.45, 7) is 3.73. The van der Waals surface area contributed by atoms with E-state index in [4.69, 9.17) is 9.97 Å². The van der Waals surface area contributed by atoms with Crippen molar-refractivity contribution in [3.8, 4) is 0 Å². The molecule has 0 amide bonds. The molecule has 4 N–H and O–H groups in total. The fraction of sp³-hybridized carbons (Fsp3) is 0.263. The van der Waals surface area contributed by atoms with Crippen LogP contribution in [0.4, 0.5) is 23.5 Å². The van der Waals surface area contributed by atoms with Crippen molar-refractivity contribution in [3.05, 3.63) is 47.3 Å². The number of likely N-dealkylation sites (N-methyl/N-ethyl adjacent to an activating group) is 1. The van der Waals surface area contributed by atoms with Crippen molar-refractivity contribution in [1.29, 1.82) is 0 Å². The van der Waals surface area contributed by atoms with Gasteiger partial charge in [-0.25, -0.2) is 9.97 Å². The second-order valence-electron chi connectivity index (χ2n) is 7.10. The first-order valence-corrected chi connectivity index (χ1v) is 9.23. The smallest absolute Gasteiger partial charge is 0.231 e. The third kappa shape index (κ3) is 3.16. The number of para-hydroxylation sites is 2. The Kier molecular flexibility index (Phi) is 3.94. The Morgan fingerprint density at radius 1 is 1.11 bits per heavy atom. The van der Waals surface area contributed by atoms with E-state index in [1.165, 1.54) is 0 Å². The topological polar surface area (TPSA) is 110 Å². The number of rotatable bonds is 4. The van der Waals surface area contributed by atoms with E-state index in [-0.39, 0.29) is 0 Å². The first-order valence-electron chi connectivity index (χ1n) is 9.23. The molecule has 1 aliphatic heterocycles. The summed E-state index contributed by atoms with van der Waals surface area (Å²) in [6, 6.07) is 9.85. The number of nitrogens with zero attached hydrogens (tertiary/aromatic N) is 5. The Balaban J connectivity index is 1.51. The molecule has 0 radical (unpaired) electrons. The van der Waals surface area contributed by atoms with E-state index in [1.54, 1.807) is 0 Å². The Bertz CT molecular complexity index is 1110. The molecule has 0 unspecified atom stereocenters. The maximum Gasteiger partial charge on any atom is 0.231 e. The molecule has 142 valence electrons. The number of nitrogens with one attached hydrogen (secondary N) is 4. The molecule has 28 heavy (non-hydrogen) atoms. The SMILES string of the molecule is Cc1cc(Nc2nc(Nc3nc4ccccc4[nH]3)nc3c2CN(C)CC3)n[nH]1. The number of imidazole rings is 1. The third-order valence-electron chi connectivity index (χ3n) is 4.82. The van der Waals surface area contributed by atoms with Crippen molar-refractivity contribution in [2.75, 3.05) is 24.2 Å². The van der Waals surface area contributed by atoms with Gasteiger partial charge in [-0.2, -0.15) is 10.1 Å². The summed E-state index contributed by atoms with van der Waals surface area (Å²) in [5.74, 6) is 2.63. The number of aromatic amines is 2. The first kappa shape index (κ1) is 16.7. The average molecular weight is 375 g/mol. The summed E-state index contributed by atoms with van der Waals surface area (Å²) < 4.78 is 0. The summed E-state index contributed by atoms with van der Waals surface area (Å²) in [5, 5.41) is 13.8. The second kappa shape index (κ2) is 6.61. The van der Waals surface area contributed by atoms with Crippen LogP contribution in [0.15, 0.2) is 30.3 Å². The highest BCUT2D eigenvalue weighted by Gasteiger charge is 2.21. The predicted octanol–water partition coefficient (Wildman–Crippen LogP) is 2.86. The Morgan fingerprint density at radius 3 is 2.82 bits per heavy atom. The van der Waals surface area contributed by atoms with Crippen molar-refractivity contribution in [2.45, 2.75) is 19.9 Å². The highest BCUT2D eigenvalue weighted by atomic mass is 15.3. The van der Waals surface area contributed by atoms with Gasteiger partial charge in [0.2, 0.25) is 11.9 Å². The molecule has 4 aromatic rings. The average Bonchev–Trinajstić information content (AvgIpc) is 3.27. The zero-order valence-electron chi connectivity index (χ0n) is 15.7. The van der Waals surface area contributed by atoms with E-state index in [2.05, 4.69) is 42.7 Å². The van der Waals surface area contributed by atoms with Gasteiger partial charge in [0.05, 0.1) is 16.7 Å². The lowest BCUT2D eigenvalue weighted by Gasteiger charge is -2.26. The Morgan fingerprint density at radius 2 is 2.00 bits per heavy atom. The quantitative estimate of drug-likeness (QED) is 0.434. The lowest BCUT2D eigenvalue weighted by Crippen LogP contribution is -2.28. The van der Waals surface area contributed by atoms with Gasteiger partial charge in [0.25, 0.3) is 0 Å². The maximum absolute atomic E-state index is 4.74. The number of benzene rings is 1. The molecule has 4 heterocycles. The van der Waals surface area contributed by atoms with Gasteiger partial charge in [-0.3, -0.25) is 10.4 Å². The zero-order valence-corrected chi connectivity index (χ0v) is 15.7. The van der Waals surface area contributed by atoms with E-state index >= 15 is 0 Å². The first-order chi connectivity index (χ1) is 13.6. The van der Waals surface area contributed by atoms with E-state index < -0.39 is 0 Å². The summed E-state index contributed by atoms with van der Waals surface area (Å²) in [4.78, 5) is 19.5. The van der Waals surface area contributed by atoms with E-state index in [1.807, 2.05) is 37.3 Å². The van der Waals surface area contributed by atoms with Gasteiger partial charge in [-0.15, -0.1) is 0 Å². The van der Waals surface area contributed by atoms with Crippen LogP contribution in [0.1, 0.15) is 17.0 Å². The molecule has 9 nitrogen and oxygen atoms in total. The molecule has 1 aliphatic rings. The fourth-order valence-electron chi connectivity index (χ4n) is 3.43. The Labute approximate surface area is 161 Å². The normalized spacial score (nSPS) is 14.2. The molecular formula is C19H21N9. The van der Waals surface area contributed by atoms with Gasteiger partial charge < -0.3 is 15.2 Å². The molecule has 0 saturated heterocycles. The summed E-state index contributed by atoms with van der Waals surface area (Å²) in [6.07, 6.45) is 0.872. The molecule has 5 rings (SSSR count). The Hall–Kier alpha value is -3.46. The van der Waals surface area contributed by atoms with Crippen LogP contribution in [0.3, 0.4) is 0 Å². The largest absolute Gasteiger partial charge is 0.324 e. The van der Waals surface area contributed by atoms with Gasteiger partial charge >= 0.3 is 0 Å².